The van der Waals surface area contributed by atoms with Gasteiger partial charge < -0.3 is 34.5 Å². The van der Waals surface area contributed by atoms with Gasteiger partial charge in [0.25, 0.3) is 0 Å². The predicted octanol–water partition coefficient (Wildman–Crippen LogP) is 7.36. The fourth-order valence-electron chi connectivity index (χ4n) is 6.16. The molecule has 6 rings (SSSR count). The number of hydrogen-bond donors (Lipinski definition) is 2. The normalized spacial score (nSPS) is 11.4. The van der Waals surface area contributed by atoms with Gasteiger partial charge in [0.15, 0.2) is 0 Å². The van der Waals surface area contributed by atoms with Crippen LogP contribution in [-0.4, -0.2) is 76.5 Å². The molecule has 238 valence electrons. The van der Waals surface area contributed by atoms with Gasteiger partial charge >= 0.3 is 0 Å². The molecule has 2 N–H and O–H groups in total. The van der Waals surface area contributed by atoms with Crippen LogP contribution in [0.25, 0.3) is 43.6 Å². The van der Waals surface area contributed by atoms with E-state index in [-0.39, 0.29) is 0 Å². The van der Waals surface area contributed by atoms with Crippen molar-refractivity contribution in [3.63, 3.8) is 0 Å². The van der Waals surface area contributed by atoms with Crippen LogP contribution in [0.1, 0.15) is 12.8 Å². The number of methoxy groups -OCH3 is 4. The smallest absolute Gasteiger partial charge is 0.145 e. The predicted molar refractivity (Wildman–Crippen MR) is 188 cm³/mol. The molecule has 0 atom stereocenters. The first kappa shape index (κ1) is 31.0. The molecule has 0 aliphatic heterocycles. The third kappa shape index (κ3) is 5.98. The summed E-state index contributed by atoms with van der Waals surface area (Å²) in [5.74, 6) is 2.99. The number of aromatic nitrogens is 2. The van der Waals surface area contributed by atoms with Crippen molar-refractivity contribution < 1.29 is 18.9 Å². The van der Waals surface area contributed by atoms with Crippen molar-refractivity contribution in [2.45, 2.75) is 12.8 Å². The Kier molecular flexibility index (Phi) is 9.40. The number of para-hydroxylation sites is 2. The Morgan fingerprint density at radius 2 is 0.935 bits per heavy atom. The van der Waals surface area contributed by atoms with E-state index in [1.54, 1.807) is 28.4 Å². The molecule has 0 radical (unpaired) electrons. The van der Waals surface area contributed by atoms with Crippen LogP contribution in [0.4, 0.5) is 11.4 Å². The Balaban J connectivity index is 1.11. The molecule has 0 saturated heterocycles. The summed E-state index contributed by atoms with van der Waals surface area (Å²) in [6, 6.07) is 24.1. The fraction of sp³-hybridized carbons (Fsp3) is 0.297. The molecule has 0 amide bonds. The van der Waals surface area contributed by atoms with Crippen molar-refractivity contribution in [1.82, 2.24) is 14.9 Å². The molecular formula is C37H41N5O4. The molecule has 2 aromatic heterocycles. The van der Waals surface area contributed by atoms with Crippen LogP contribution in [0.3, 0.4) is 0 Å². The lowest BCUT2D eigenvalue weighted by Gasteiger charge is -2.20. The van der Waals surface area contributed by atoms with E-state index >= 15 is 0 Å². The maximum Gasteiger partial charge on any atom is 0.145 e. The second kappa shape index (κ2) is 14.0. The van der Waals surface area contributed by atoms with E-state index in [1.165, 1.54) is 0 Å². The highest BCUT2D eigenvalue weighted by Gasteiger charge is 2.18. The van der Waals surface area contributed by atoms with Gasteiger partial charge in [-0.3, -0.25) is 0 Å². The Bertz CT molecular complexity index is 1850. The van der Waals surface area contributed by atoms with Crippen molar-refractivity contribution in [3.05, 3.63) is 72.8 Å². The molecule has 0 spiro atoms. The molecular weight excluding hydrogens is 578 g/mol. The highest BCUT2D eigenvalue weighted by molar-refractivity contribution is 6.12. The molecule has 6 aromatic rings. The monoisotopic (exact) mass is 619 g/mol. The minimum Gasteiger partial charge on any atom is -0.496 e. The Hall–Kier alpha value is -5.02. The maximum atomic E-state index is 5.75. The lowest BCUT2D eigenvalue weighted by molar-refractivity contribution is 0.331. The lowest BCUT2D eigenvalue weighted by Crippen LogP contribution is -2.24. The van der Waals surface area contributed by atoms with Gasteiger partial charge in [0.05, 0.1) is 61.6 Å². The van der Waals surface area contributed by atoms with E-state index in [2.05, 4.69) is 34.7 Å². The summed E-state index contributed by atoms with van der Waals surface area (Å²) in [6.07, 6.45) is 1.95. The molecule has 2 heterocycles. The Morgan fingerprint density at radius 3 is 1.35 bits per heavy atom. The molecule has 0 fully saturated rings. The third-order valence-corrected chi connectivity index (χ3v) is 8.43. The zero-order chi connectivity index (χ0) is 32.0. The van der Waals surface area contributed by atoms with Gasteiger partial charge in [0.2, 0.25) is 0 Å². The quantitative estimate of drug-likeness (QED) is 0.0959. The first-order valence-electron chi connectivity index (χ1n) is 15.6. The summed E-state index contributed by atoms with van der Waals surface area (Å²) in [4.78, 5) is 12.2. The third-order valence-electron chi connectivity index (χ3n) is 8.43. The van der Waals surface area contributed by atoms with E-state index in [0.29, 0.717) is 0 Å². The zero-order valence-electron chi connectivity index (χ0n) is 27.1. The molecule has 0 bridgehead atoms. The number of ether oxygens (including phenoxy) is 4. The van der Waals surface area contributed by atoms with Gasteiger partial charge in [0.1, 0.15) is 34.0 Å². The van der Waals surface area contributed by atoms with Crippen LogP contribution >= 0.6 is 0 Å². The second-order valence-electron chi connectivity index (χ2n) is 11.3. The molecule has 0 saturated carbocycles. The Morgan fingerprint density at radius 1 is 0.543 bits per heavy atom. The van der Waals surface area contributed by atoms with Gasteiger partial charge in [-0.15, -0.1) is 0 Å². The van der Waals surface area contributed by atoms with Gasteiger partial charge in [0, 0.05) is 23.9 Å². The van der Waals surface area contributed by atoms with Crippen molar-refractivity contribution in [2.24, 2.45) is 0 Å². The van der Waals surface area contributed by atoms with E-state index in [9.17, 15) is 0 Å². The van der Waals surface area contributed by atoms with Crippen LogP contribution in [0.2, 0.25) is 0 Å². The fourth-order valence-corrected chi connectivity index (χ4v) is 6.16. The zero-order valence-corrected chi connectivity index (χ0v) is 27.1. The van der Waals surface area contributed by atoms with Crippen molar-refractivity contribution in [2.75, 3.05) is 72.3 Å². The topological polar surface area (TPSA) is 90.0 Å². The number of nitrogens with one attached hydrogen (secondary N) is 2. The SMILES string of the molecule is COc1ccc(OC)c2c(NCCCN(C)CCCNc3c4ccccc4nc4c(OC)ccc(OC)c34)c3ccccc3nc12. The number of benzene rings is 4. The summed E-state index contributed by atoms with van der Waals surface area (Å²) in [6.45, 7) is 3.53. The molecule has 0 unspecified atom stereocenters. The number of anilines is 2. The highest BCUT2D eigenvalue weighted by Crippen LogP contribution is 2.42. The minimum absolute atomic E-state index is 0.725. The first-order chi connectivity index (χ1) is 22.6. The van der Waals surface area contributed by atoms with E-state index in [0.717, 1.165) is 117 Å². The summed E-state index contributed by atoms with van der Waals surface area (Å²) < 4.78 is 22.8. The molecule has 0 aliphatic rings. The first-order valence-corrected chi connectivity index (χ1v) is 15.6. The van der Waals surface area contributed by atoms with E-state index < -0.39 is 0 Å². The molecule has 0 aliphatic carbocycles. The number of hydrogen-bond acceptors (Lipinski definition) is 9. The highest BCUT2D eigenvalue weighted by atomic mass is 16.5. The summed E-state index contributed by atoms with van der Waals surface area (Å²) in [7, 11) is 8.91. The van der Waals surface area contributed by atoms with Gasteiger partial charge in [-0.05, 0) is 69.4 Å². The standard InChI is InChI=1S/C37H41N5O4/c1-42(22-10-20-38-34-24-12-6-8-14-26(24)40-36-30(45-4)18-16-28(43-2)32(34)36)23-11-21-39-35-25-13-7-9-15-27(25)41-37-31(46-5)19-17-29(44-3)33(35)37/h6-9,12-19H,10-11,20-23H2,1-5H3,(H,38,40)(H,39,41). The van der Waals surface area contributed by atoms with E-state index in [1.807, 2.05) is 60.7 Å². The average molecular weight is 620 g/mol. The summed E-state index contributed by atoms with van der Waals surface area (Å²) in [5, 5.41) is 11.4. The number of nitrogens with zero attached hydrogens (tertiary/aromatic N) is 3. The van der Waals surface area contributed by atoms with Gasteiger partial charge in [-0.2, -0.15) is 0 Å². The maximum absolute atomic E-state index is 5.75. The van der Waals surface area contributed by atoms with Crippen LogP contribution in [0.15, 0.2) is 72.8 Å². The van der Waals surface area contributed by atoms with Crippen LogP contribution in [0.5, 0.6) is 23.0 Å². The molecule has 9 heteroatoms. The number of pyridine rings is 2. The minimum atomic E-state index is 0.725. The second-order valence-corrected chi connectivity index (χ2v) is 11.3. The van der Waals surface area contributed by atoms with Crippen LogP contribution in [-0.2, 0) is 0 Å². The molecule has 4 aromatic carbocycles. The van der Waals surface area contributed by atoms with Gasteiger partial charge in [-0.25, -0.2) is 9.97 Å². The summed E-state index contributed by atoms with van der Waals surface area (Å²) >= 11 is 0. The Labute approximate surface area is 269 Å². The lowest BCUT2D eigenvalue weighted by atomic mass is 10.1. The number of rotatable bonds is 14. The average Bonchev–Trinajstić information content (AvgIpc) is 3.10. The van der Waals surface area contributed by atoms with Crippen LogP contribution in [0, 0.1) is 0 Å². The largest absolute Gasteiger partial charge is 0.496 e. The van der Waals surface area contributed by atoms with Gasteiger partial charge in [-0.1, -0.05) is 36.4 Å². The van der Waals surface area contributed by atoms with Crippen molar-refractivity contribution >= 4 is 55.0 Å². The molecule has 9 nitrogen and oxygen atoms in total. The van der Waals surface area contributed by atoms with Crippen molar-refractivity contribution in [1.29, 1.82) is 0 Å². The van der Waals surface area contributed by atoms with Crippen LogP contribution < -0.4 is 29.6 Å². The van der Waals surface area contributed by atoms with E-state index in [4.69, 9.17) is 28.9 Å². The molecule has 46 heavy (non-hydrogen) atoms. The number of fused-ring (bicyclic) bond motifs is 4. The summed E-state index contributed by atoms with van der Waals surface area (Å²) in [5.41, 5.74) is 5.45. The van der Waals surface area contributed by atoms with Crippen molar-refractivity contribution in [3.8, 4) is 23.0 Å².